The lowest BCUT2D eigenvalue weighted by Crippen LogP contribution is -2.45. The van der Waals surface area contributed by atoms with Gasteiger partial charge < -0.3 is 15.7 Å². The predicted molar refractivity (Wildman–Crippen MR) is 70.7 cm³/mol. The number of carboxylic acids is 1. The van der Waals surface area contributed by atoms with Crippen LogP contribution in [-0.4, -0.2) is 34.7 Å². The average molecular weight is 265 g/mol. The number of nitrogens with one attached hydrogen (secondary N) is 2. The van der Waals surface area contributed by atoms with Gasteiger partial charge in [-0.15, -0.1) is 0 Å². The van der Waals surface area contributed by atoms with Crippen molar-refractivity contribution in [3.63, 3.8) is 0 Å². The lowest BCUT2D eigenvalue weighted by atomic mass is 10.0. The zero-order valence-corrected chi connectivity index (χ0v) is 11.1. The fourth-order valence-corrected chi connectivity index (χ4v) is 1.47. The van der Waals surface area contributed by atoms with Gasteiger partial charge in [-0.3, -0.25) is 9.78 Å². The number of amides is 2. The van der Waals surface area contributed by atoms with Gasteiger partial charge in [0.1, 0.15) is 0 Å². The van der Waals surface area contributed by atoms with E-state index >= 15 is 0 Å². The number of pyridine rings is 1. The number of hydrogen-bond acceptors (Lipinski definition) is 3. The highest BCUT2D eigenvalue weighted by molar-refractivity contribution is 5.76. The minimum absolute atomic E-state index is 0.352. The Morgan fingerprint density at radius 1 is 1.32 bits per heavy atom. The van der Waals surface area contributed by atoms with E-state index in [9.17, 15) is 9.59 Å². The molecule has 0 aliphatic heterocycles. The van der Waals surface area contributed by atoms with Gasteiger partial charge in [0.15, 0.2) is 0 Å². The van der Waals surface area contributed by atoms with E-state index in [0.717, 1.165) is 5.56 Å². The highest BCUT2D eigenvalue weighted by atomic mass is 16.4. The number of urea groups is 1. The van der Waals surface area contributed by atoms with Crippen molar-refractivity contribution in [3.05, 3.63) is 30.1 Å². The molecule has 0 saturated heterocycles. The first-order chi connectivity index (χ1) is 9.00. The van der Waals surface area contributed by atoms with Crippen LogP contribution in [0.2, 0.25) is 0 Å². The molecule has 1 rings (SSSR count). The van der Waals surface area contributed by atoms with E-state index in [2.05, 4.69) is 15.6 Å². The molecule has 2 unspecified atom stereocenters. The molecule has 104 valence electrons. The van der Waals surface area contributed by atoms with Crippen molar-refractivity contribution < 1.29 is 14.7 Å². The molecular formula is C13H19N3O3. The largest absolute Gasteiger partial charge is 0.481 e. The summed E-state index contributed by atoms with van der Waals surface area (Å²) in [6.07, 6.45) is 4.11. The molecule has 0 bridgehead atoms. The number of rotatable bonds is 6. The van der Waals surface area contributed by atoms with Gasteiger partial charge >= 0.3 is 12.0 Å². The standard InChI is InChI=1S/C13H19N3O3/c1-9(12(17)18)10(2)16-13(19)15-8-5-11-3-6-14-7-4-11/h3-4,6-7,9-10H,5,8H2,1-2H3,(H,17,18)(H2,15,16,19). The zero-order valence-electron chi connectivity index (χ0n) is 11.1. The molecule has 0 radical (unpaired) electrons. The molecule has 6 nitrogen and oxygen atoms in total. The quantitative estimate of drug-likeness (QED) is 0.716. The van der Waals surface area contributed by atoms with Crippen LogP contribution in [0.1, 0.15) is 19.4 Å². The monoisotopic (exact) mass is 265 g/mol. The Kier molecular flexibility index (Phi) is 5.78. The van der Waals surface area contributed by atoms with Crippen molar-refractivity contribution in [2.45, 2.75) is 26.3 Å². The summed E-state index contributed by atoms with van der Waals surface area (Å²) in [6.45, 7) is 3.72. The van der Waals surface area contributed by atoms with Gasteiger partial charge in [-0.05, 0) is 38.0 Å². The van der Waals surface area contributed by atoms with E-state index in [1.807, 2.05) is 12.1 Å². The van der Waals surface area contributed by atoms with Gasteiger partial charge in [-0.25, -0.2) is 4.79 Å². The molecule has 0 aliphatic rings. The van der Waals surface area contributed by atoms with Crippen LogP contribution in [0.3, 0.4) is 0 Å². The van der Waals surface area contributed by atoms with E-state index in [-0.39, 0.29) is 6.03 Å². The van der Waals surface area contributed by atoms with Crippen LogP contribution in [0, 0.1) is 5.92 Å². The van der Waals surface area contributed by atoms with Crippen LogP contribution >= 0.6 is 0 Å². The summed E-state index contributed by atoms with van der Waals surface area (Å²) in [4.78, 5) is 26.2. The van der Waals surface area contributed by atoms with Crippen LogP contribution in [0.25, 0.3) is 0 Å². The molecule has 0 spiro atoms. The van der Waals surface area contributed by atoms with Gasteiger partial charge in [0.25, 0.3) is 0 Å². The summed E-state index contributed by atoms with van der Waals surface area (Å²) in [5.74, 6) is -1.55. The fraction of sp³-hybridized carbons (Fsp3) is 0.462. The van der Waals surface area contributed by atoms with Gasteiger partial charge in [-0.2, -0.15) is 0 Å². The lowest BCUT2D eigenvalue weighted by Gasteiger charge is -2.18. The van der Waals surface area contributed by atoms with Crippen LogP contribution in [0.4, 0.5) is 4.79 Å². The minimum Gasteiger partial charge on any atom is -0.481 e. The number of aromatic nitrogens is 1. The second-order valence-electron chi connectivity index (χ2n) is 4.42. The number of nitrogens with zero attached hydrogens (tertiary/aromatic N) is 1. The maximum Gasteiger partial charge on any atom is 0.315 e. The minimum atomic E-state index is -0.926. The Balaban J connectivity index is 2.26. The summed E-state index contributed by atoms with van der Waals surface area (Å²) in [6, 6.07) is 3.00. The highest BCUT2D eigenvalue weighted by Gasteiger charge is 2.20. The molecule has 2 atom stereocenters. The van der Waals surface area contributed by atoms with Crippen molar-refractivity contribution in [1.82, 2.24) is 15.6 Å². The van der Waals surface area contributed by atoms with E-state index in [1.165, 1.54) is 0 Å². The second kappa shape index (κ2) is 7.35. The predicted octanol–water partition coefficient (Wildman–Crippen LogP) is 1.03. The SMILES string of the molecule is CC(NC(=O)NCCc1ccncc1)C(C)C(=O)O. The molecular weight excluding hydrogens is 246 g/mol. The van der Waals surface area contributed by atoms with E-state index in [0.29, 0.717) is 13.0 Å². The third-order valence-electron chi connectivity index (χ3n) is 2.95. The third kappa shape index (κ3) is 5.37. The summed E-state index contributed by atoms with van der Waals surface area (Å²) in [5, 5.41) is 14.1. The number of carbonyl (C=O) groups is 2. The Morgan fingerprint density at radius 2 is 1.95 bits per heavy atom. The molecule has 1 aromatic heterocycles. The van der Waals surface area contributed by atoms with Crippen LogP contribution in [0.15, 0.2) is 24.5 Å². The normalized spacial score (nSPS) is 13.4. The molecule has 1 heterocycles. The van der Waals surface area contributed by atoms with Gasteiger partial charge in [0.2, 0.25) is 0 Å². The van der Waals surface area contributed by atoms with Crippen molar-refractivity contribution >= 4 is 12.0 Å². The van der Waals surface area contributed by atoms with Gasteiger partial charge in [0, 0.05) is 25.0 Å². The molecule has 0 aromatic carbocycles. The van der Waals surface area contributed by atoms with Crippen molar-refractivity contribution in [2.24, 2.45) is 5.92 Å². The Labute approximate surface area is 112 Å². The van der Waals surface area contributed by atoms with E-state index < -0.39 is 17.9 Å². The molecule has 0 saturated carbocycles. The molecule has 2 amide bonds. The van der Waals surface area contributed by atoms with Gasteiger partial charge in [-0.1, -0.05) is 0 Å². The maximum atomic E-state index is 11.5. The summed E-state index contributed by atoms with van der Waals surface area (Å²) >= 11 is 0. The second-order valence-corrected chi connectivity index (χ2v) is 4.42. The maximum absolute atomic E-state index is 11.5. The number of carbonyl (C=O) groups excluding carboxylic acids is 1. The Bertz CT molecular complexity index is 422. The molecule has 0 aliphatic carbocycles. The average Bonchev–Trinajstić information content (AvgIpc) is 2.38. The first-order valence-electron chi connectivity index (χ1n) is 6.16. The highest BCUT2D eigenvalue weighted by Crippen LogP contribution is 2.01. The van der Waals surface area contributed by atoms with Crippen molar-refractivity contribution in [3.8, 4) is 0 Å². The number of hydrogen-bond donors (Lipinski definition) is 3. The van der Waals surface area contributed by atoms with Crippen molar-refractivity contribution in [2.75, 3.05) is 6.54 Å². The Hall–Kier alpha value is -2.11. The zero-order chi connectivity index (χ0) is 14.3. The van der Waals surface area contributed by atoms with E-state index in [1.54, 1.807) is 26.2 Å². The molecule has 0 fully saturated rings. The lowest BCUT2D eigenvalue weighted by molar-refractivity contribution is -0.141. The fourth-order valence-electron chi connectivity index (χ4n) is 1.47. The first-order valence-corrected chi connectivity index (χ1v) is 6.16. The van der Waals surface area contributed by atoms with Crippen LogP contribution < -0.4 is 10.6 Å². The number of carboxylic acid groups (broad SMARTS) is 1. The summed E-state index contributed by atoms with van der Waals surface area (Å²) in [7, 11) is 0. The van der Waals surface area contributed by atoms with Crippen LogP contribution in [0.5, 0.6) is 0 Å². The first kappa shape index (κ1) is 14.9. The van der Waals surface area contributed by atoms with E-state index in [4.69, 9.17) is 5.11 Å². The topological polar surface area (TPSA) is 91.3 Å². The molecule has 6 heteroatoms. The van der Waals surface area contributed by atoms with Gasteiger partial charge in [0.05, 0.1) is 5.92 Å². The summed E-state index contributed by atoms with van der Waals surface area (Å²) in [5.41, 5.74) is 1.09. The van der Waals surface area contributed by atoms with Crippen molar-refractivity contribution in [1.29, 1.82) is 0 Å². The Morgan fingerprint density at radius 3 is 2.53 bits per heavy atom. The molecule has 19 heavy (non-hydrogen) atoms. The molecule has 1 aromatic rings. The summed E-state index contributed by atoms with van der Waals surface area (Å²) < 4.78 is 0. The molecule has 3 N–H and O–H groups in total. The smallest absolute Gasteiger partial charge is 0.315 e. The van der Waals surface area contributed by atoms with Crippen LogP contribution in [-0.2, 0) is 11.2 Å². The third-order valence-corrected chi connectivity index (χ3v) is 2.95. The number of aliphatic carboxylic acids is 1.